The van der Waals surface area contributed by atoms with Crippen molar-refractivity contribution in [2.24, 2.45) is 0 Å². The molecule has 0 N–H and O–H groups in total. The van der Waals surface area contributed by atoms with E-state index in [9.17, 15) is 4.57 Å². The highest BCUT2D eigenvalue weighted by Crippen LogP contribution is 2.64. The van der Waals surface area contributed by atoms with Crippen molar-refractivity contribution in [1.82, 2.24) is 0 Å². The van der Waals surface area contributed by atoms with Gasteiger partial charge in [-0.3, -0.25) is 0 Å². The third-order valence-electron chi connectivity index (χ3n) is 9.24. The maximum Gasteiger partial charge on any atom is 0.160 e. The Morgan fingerprint density at radius 1 is 0.608 bits per heavy atom. The standard InChI is InChI=1S/C20H25O5P.C20H25O4P/c1-20(2,3)26(21)12-25-17-11-13(22-4)10-14(19(17)26)18-15(23-5)8-7-9-16(18)24-6;1-20(2,3)25-12-24-17-11-13(21-4)10-14(19(17)25)18-15(22-5)8-7-9-16(18)23-6/h7-11H,12H2,1-6H3;7-11H,12H2,1-6H3. The van der Waals surface area contributed by atoms with Gasteiger partial charge in [0.05, 0.1) is 59.1 Å². The zero-order chi connectivity index (χ0) is 37.3. The summed E-state index contributed by atoms with van der Waals surface area (Å²) in [6.45, 7) is 12.8. The molecule has 0 bridgehead atoms. The van der Waals surface area contributed by atoms with Crippen molar-refractivity contribution in [3.05, 3.63) is 60.7 Å². The number of benzene rings is 4. The van der Waals surface area contributed by atoms with E-state index in [0.29, 0.717) is 23.0 Å². The van der Waals surface area contributed by atoms with E-state index in [1.165, 1.54) is 5.30 Å². The van der Waals surface area contributed by atoms with Crippen molar-refractivity contribution in [2.75, 3.05) is 55.4 Å². The van der Waals surface area contributed by atoms with Gasteiger partial charge < -0.3 is 42.5 Å². The Morgan fingerprint density at radius 2 is 1.06 bits per heavy atom. The van der Waals surface area contributed by atoms with Crippen LogP contribution in [0.15, 0.2) is 60.7 Å². The first-order valence-corrected chi connectivity index (χ1v) is 20.1. The summed E-state index contributed by atoms with van der Waals surface area (Å²) in [5, 5.41) is 1.69. The van der Waals surface area contributed by atoms with Crippen molar-refractivity contribution >= 4 is 25.7 Å². The summed E-state index contributed by atoms with van der Waals surface area (Å²) in [5.74, 6) is 5.77. The van der Waals surface area contributed by atoms with Gasteiger partial charge in [-0.2, -0.15) is 0 Å². The van der Waals surface area contributed by atoms with E-state index in [4.69, 9.17) is 37.9 Å². The molecule has 0 aliphatic carbocycles. The molecule has 2 unspecified atom stereocenters. The van der Waals surface area contributed by atoms with Crippen LogP contribution in [-0.4, -0.2) is 65.7 Å². The highest BCUT2D eigenvalue weighted by molar-refractivity contribution is 7.73. The molecule has 2 heterocycles. The van der Waals surface area contributed by atoms with E-state index in [0.717, 1.165) is 56.9 Å². The van der Waals surface area contributed by atoms with Gasteiger partial charge in [-0.1, -0.05) is 53.7 Å². The zero-order valence-corrected chi connectivity index (χ0v) is 33.5. The lowest BCUT2D eigenvalue weighted by atomic mass is 10.0. The molecule has 4 aromatic rings. The van der Waals surface area contributed by atoms with E-state index in [2.05, 4.69) is 26.8 Å². The summed E-state index contributed by atoms with van der Waals surface area (Å²) in [6, 6.07) is 19.2. The van der Waals surface area contributed by atoms with Crippen molar-refractivity contribution < 1.29 is 42.5 Å². The van der Waals surface area contributed by atoms with Gasteiger partial charge in [0, 0.05) is 33.7 Å². The summed E-state index contributed by atoms with van der Waals surface area (Å²) in [4.78, 5) is 0. The lowest BCUT2D eigenvalue weighted by Crippen LogP contribution is -2.23. The molecule has 0 spiro atoms. The second-order valence-electron chi connectivity index (χ2n) is 14.2. The van der Waals surface area contributed by atoms with Crippen LogP contribution in [0.25, 0.3) is 22.3 Å². The fraction of sp³-hybridized carbons (Fsp3) is 0.400. The first-order chi connectivity index (χ1) is 24.2. The molecule has 2 aliphatic heterocycles. The molecule has 2 aliphatic rings. The number of hydrogen-bond acceptors (Lipinski definition) is 9. The molecular weight excluding hydrogens is 686 g/mol. The number of hydrogen-bond donors (Lipinski definition) is 0. The predicted molar refractivity (Wildman–Crippen MR) is 207 cm³/mol. The van der Waals surface area contributed by atoms with Gasteiger partial charge in [0.15, 0.2) is 7.14 Å². The Labute approximate surface area is 303 Å². The van der Waals surface area contributed by atoms with Gasteiger partial charge in [0.2, 0.25) is 0 Å². The molecule has 4 aromatic carbocycles. The number of fused-ring (bicyclic) bond motifs is 2. The SMILES string of the molecule is COc1cc2c(c(-c3c(OC)cccc3OC)c1)P(=O)(C(C)(C)C)CO2.COc1cc2c(c(-c3c(OC)cccc3OC)c1)P(C(C)(C)C)CO2. The zero-order valence-electron chi connectivity index (χ0n) is 31.8. The van der Waals surface area contributed by atoms with Gasteiger partial charge in [-0.05, 0) is 49.5 Å². The topological polar surface area (TPSA) is 90.9 Å². The molecule has 0 radical (unpaired) electrons. The number of rotatable bonds is 8. The van der Waals surface area contributed by atoms with Crippen LogP contribution in [0.2, 0.25) is 0 Å². The molecule has 6 rings (SSSR count). The fourth-order valence-electron chi connectivity index (χ4n) is 6.37. The normalized spacial score (nSPS) is 17.5. The van der Waals surface area contributed by atoms with E-state index < -0.39 is 20.2 Å². The van der Waals surface area contributed by atoms with Gasteiger partial charge in [-0.25, -0.2) is 0 Å². The second-order valence-corrected chi connectivity index (χ2v) is 20.6. The van der Waals surface area contributed by atoms with Crippen LogP contribution >= 0.6 is 15.1 Å². The van der Waals surface area contributed by atoms with Crippen LogP contribution in [0.5, 0.6) is 46.0 Å². The minimum atomic E-state index is -2.83. The third-order valence-corrected chi connectivity index (χ3v) is 16.1. The maximum absolute atomic E-state index is 14.0. The summed E-state index contributed by atoms with van der Waals surface area (Å²) >= 11 is 0. The molecule has 274 valence electrons. The fourth-order valence-corrected chi connectivity index (χ4v) is 11.2. The minimum Gasteiger partial charge on any atom is -0.497 e. The van der Waals surface area contributed by atoms with E-state index in [1.807, 2.05) is 69.3 Å². The average molecular weight is 737 g/mol. The molecule has 11 heteroatoms. The van der Waals surface area contributed by atoms with E-state index >= 15 is 0 Å². The first kappa shape index (κ1) is 38.2. The van der Waals surface area contributed by atoms with Crippen LogP contribution < -0.4 is 48.5 Å². The van der Waals surface area contributed by atoms with Crippen LogP contribution in [0.3, 0.4) is 0 Å². The Hall–Kier alpha value is -4.06. The highest BCUT2D eigenvalue weighted by Gasteiger charge is 2.47. The summed E-state index contributed by atoms with van der Waals surface area (Å²) in [6.07, 6.45) is 0.912. The largest absolute Gasteiger partial charge is 0.497 e. The van der Waals surface area contributed by atoms with Crippen LogP contribution in [0.1, 0.15) is 41.5 Å². The lowest BCUT2D eigenvalue weighted by molar-refractivity contribution is 0.380. The Bertz CT molecular complexity index is 1900. The Morgan fingerprint density at radius 3 is 1.49 bits per heavy atom. The Balaban J connectivity index is 0.000000198. The van der Waals surface area contributed by atoms with Crippen molar-refractivity contribution in [1.29, 1.82) is 0 Å². The molecule has 2 atom stereocenters. The van der Waals surface area contributed by atoms with Crippen molar-refractivity contribution in [2.45, 2.75) is 51.9 Å². The molecule has 51 heavy (non-hydrogen) atoms. The molecule has 0 fully saturated rings. The van der Waals surface area contributed by atoms with Gasteiger partial charge in [-0.15, -0.1) is 0 Å². The van der Waals surface area contributed by atoms with Crippen molar-refractivity contribution in [3.8, 4) is 68.2 Å². The average Bonchev–Trinajstić information content (AvgIpc) is 3.72. The van der Waals surface area contributed by atoms with Crippen molar-refractivity contribution in [3.63, 3.8) is 0 Å². The molecule has 9 nitrogen and oxygen atoms in total. The van der Waals surface area contributed by atoms with Crippen LogP contribution in [0, 0.1) is 0 Å². The second kappa shape index (κ2) is 14.9. The number of ether oxygens (including phenoxy) is 8. The number of methoxy groups -OCH3 is 6. The smallest absolute Gasteiger partial charge is 0.160 e. The van der Waals surface area contributed by atoms with E-state index in [1.54, 1.807) is 48.7 Å². The predicted octanol–water partition coefficient (Wildman–Crippen LogP) is 9.15. The van der Waals surface area contributed by atoms with Gasteiger partial charge in [0.25, 0.3) is 0 Å². The summed E-state index contributed by atoms with van der Waals surface area (Å²) in [7, 11) is 6.54. The molecular formula is C40H50O9P2. The van der Waals surface area contributed by atoms with Gasteiger partial charge in [0.1, 0.15) is 58.7 Å². The maximum atomic E-state index is 14.0. The van der Waals surface area contributed by atoms with Gasteiger partial charge >= 0.3 is 0 Å². The molecule has 0 aromatic heterocycles. The van der Waals surface area contributed by atoms with E-state index in [-0.39, 0.29) is 11.5 Å². The summed E-state index contributed by atoms with van der Waals surface area (Å²) in [5.41, 5.74) is 3.54. The molecule has 0 amide bonds. The highest BCUT2D eigenvalue weighted by atomic mass is 31.2. The third kappa shape index (κ3) is 7.08. The molecule has 0 saturated carbocycles. The summed E-state index contributed by atoms with van der Waals surface area (Å²) < 4.78 is 59.3. The lowest BCUT2D eigenvalue weighted by Gasteiger charge is -2.28. The van der Waals surface area contributed by atoms with Crippen LogP contribution in [-0.2, 0) is 4.57 Å². The minimum absolute atomic E-state index is 0.138. The van der Waals surface area contributed by atoms with Crippen LogP contribution in [0.4, 0.5) is 0 Å². The molecule has 0 saturated heterocycles. The first-order valence-electron chi connectivity index (χ1n) is 16.7. The quantitative estimate of drug-likeness (QED) is 0.164. The Kier molecular flexibility index (Phi) is 11.1. The monoisotopic (exact) mass is 736 g/mol.